The molecule has 6 nitrogen and oxygen atoms in total. The summed E-state index contributed by atoms with van der Waals surface area (Å²) in [5, 5.41) is 13.4. The van der Waals surface area contributed by atoms with Crippen molar-refractivity contribution in [3.63, 3.8) is 0 Å². The van der Waals surface area contributed by atoms with Crippen molar-refractivity contribution in [1.82, 2.24) is 15.1 Å². The Hall–Kier alpha value is -2.24. The summed E-state index contributed by atoms with van der Waals surface area (Å²) < 4.78 is 5.24. The molecule has 0 bridgehead atoms. The molecule has 0 amide bonds. The number of carbonyl (C=O) groups is 1. The number of aryl methyl sites for hydroxylation is 1. The summed E-state index contributed by atoms with van der Waals surface area (Å²) >= 11 is 0. The van der Waals surface area contributed by atoms with Crippen LogP contribution >= 0.6 is 0 Å². The van der Waals surface area contributed by atoms with Crippen LogP contribution in [0, 0.1) is 12.3 Å². The highest BCUT2D eigenvalue weighted by atomic mass is 16.5. The maximum atomic E-state index is 11.5. The molecule has 112 valence electrons. The molecule has 0 aliphatic heterocycles. The second kappa shape index (κ2) is 6.03. The van der Waals surface area contributed by atoms with E-state index in [0.29, 0.717) is 24.6 Å². The summed E-state index contributed by atoms with van der Waals surface area (Å²) in [4.78, 5) is 19.9. The van der Waals surface area contributed by atoms with Crippen LogP contribution in [0.4, 0.5) is 0 Å². The van der Waals surface area contributed by atoms with Gasteiger partial charge in [0.25, 0.3) is 0 Å². The van der Waals surface area contributed by atoms with Crippen molar-refractivity contribution in [2.45, 2.75) is 40.0 Å². The number of pyridine rings is 1. The van der Waals surface area contributed by atoms with E-state index in [1.165, 1.54) is 0 Å². The number of carboxylic acids is 1. The van der Waals surface area contributed by atoms with E-state index < -0.39 is 11.4 Å². The topological polar surface area (TPSA) is 89.1 Å². The van der Waals surface area contributed by atoms with E-state index >= 15 is 0 Å². The molecule has 6 heteroatoms. The predicted octanol–water partition coefficient (Wildman–Crippen LogP) is 2.87. The highest BCUT2D eigenvalue weighted by Crippen LogP contribution is 2.31. The number of aliphatic carboxylic acids is 1. The molecule has 0 fully saturated rings. The van der Waals surface area contributed by atoms with Crippen LogP contribution in [-0.4, -0.2) is 26.2 Å². The van der Waals surface area contributed by atoms with Crippen molar-refractivity contribution in [2.75, 3.05) is 0 Å². The second-order valence-corrected chi connectivity index (χ2v) is 5.17. The van der Waals surface area contributed by atoms with Crippen LogP contribution in [0.15, 0.2) is 23.0 Å². The third-order valence-electron chi connectivity index (χ3n) is 4.03. The Labute approximate surface area is 123 Å². The lowest BCUT2D eigenvalue weighted by Crippen LogP contribution is -2.32. The number of hydrogen-bond acceptors (Lipinski definition) is 5. The number of rotatable bonds is 6. The monoisotopic (exact) mass is 289 g/mol. The Morgan fingerprint density at radius 3 is 2.67 bits per heavy atom. The lowest BCUT2D eigenvalue weighted by molar-refractivity contribution is -0.149. The maximum absolute atomic E-state index is 11.5. The first-order valence-electron chi connectivity index (χ1n) is 6.99. The minimum Gasteiger partial charge on any atom is -0.481 e. The summed E-state index contributed by atoms with van der Waals surface area (Å²) in [5.41, 5.74) is 0.936. The minimum atomic E-state index is -0.850. The third-order valence-corrected chi connectivity index (χ3v) is 4.03. The molecule has 0 radical (unpaired) electrons. The molecule has 21 heavy (non-hydrogen) atoms. The van der Waals surface area contributed by atoms with Gasteiger partial charge in [-0.05, 0) is 31.4 Å². The van der Waals surface area contributed by atoms with E-state index in [1.54, 1.807) is 12.4 Å². The fourth-order valence-corrected chi connectivity index (χ4v) is 2.33. The number of nitrogens with zero attached hydrogens (tertiary/aromatic N) is 3. The van der Waals surface area contributed by atoms with E-state index in [9.17, 15) is 9.90 Å². The average molecular weight is 289 g/mol. The Morgan fingerprint density at radius 2 is 2.10 bits per heavy atom. The van der Waals surface area contributed by atoms with Gasteiger partial charge in [-0.2, -0.15) is 4.98 Å². The summed E-state index contributed by atoms with van der Waals surface area (Å²) in [5.74, 6) is -0.00366. The van der Waals surface area contributed by atoms with E-state index in [4.69, 9.17) is 4.52 Å². The number of hydrogen-bond donors (Lipinski definition) is 1. The summed E-state index contributed by atoms with van der Waals surface area (Å²) in [6, 6.07) is 1.81. The fourth-order valence-electron chi connectivity index (χ4n) is 2.33. The van der Waals surface area contributed by atoms with Crippen LogP contribution in [0.3, 0.4) is 0 Å². The fraction of sp³-hybridized carbons (Fsp3) is 0.467. The van der Waals surface area contributed by atoms with Gasteiger partial charge in [-0.25, -0.2) is 0 Å². The van der Waals surface area contributed by atoms with Crippen molar-refractivity contribution in [2.24, 2.45) is 5.41 Å². The van der Waals surface area contributed by atoms with Crippen LogP contribution < -0.4 is 0 Å². The van der Waals surface area contributed by atoms with Gasteiger partial charge in [-0.15, -0.1) is 0 Å². The zero-order chi connectivity index (χ0) is 15.5. The van der Waals surface area contributed by atoms with Gasteiger partial charge in [0.1, 0.15) is 0 Å². The summed E-state index contributed by atoms with van der Waals surface area (Å²) in [6.07, 6.45) is 4.67. The normalized spacial score (nSPS) is 11.6. The van der Waals surface area contributed by atoms with E-state index in [1.807, 2.05) is 26.8 Å². The molecule has 2 aromatic heterocycles. The molecule has 0 aliphatic rings. The van der Waals surface area contributed by atoms with Crippen molar-refractivity contribution in [3.8, 4) is 11.4 Å². The lowest BCUT2D eigenvalue weighted by atomic mass is 9.79. The van der Waals surface area contributed by atoms with Crippen molar-refractivity contribution >= 4 is 5.97 Å². The van der Waals surface area contributed by atoms with Crippen LogP contribution in [0.5, 0.6) is 0 Å². The van der Waals surface area contributed by atoms with Gasteiger partial charge in [0, 0.05) is 24.4 Å². The summed E-state index contributed by atoms with van der Waals surface area (Å²) in [7, 11) is 0. The first-order valence-corrected chi connectivity index (χ1v) is 6.99. The van der Waals surface area contributed by atoms with Crippen LogP contribution in [-0.2, 0) is 11.2 Å². The van der Waals surface area contributed by atoms with Crippen LogP contribution in [0.2, 0.25) is 0 Å². The number of aromatic nitrogens is 3. The smallest absolute Gasteiger partial charge is 0.310 e. The molecule has 0 saturated carbocycles. The molecule has 2 aromatic rings. The zero-order valence-electron chi connectivity index (χ0n) is 12.5. The van der Waals surface area contributed by atoms with Gasteiger partial charge in [-0.1, -0.05) is 19.0 Å². The third kappa shape index (κ3) is 2.94. The lowest BCUT2D eigenvalue weighted by Gasteiger charge is -2.24. The van der Waals surface area contributed by atoms with Gasteiger partial charge in [-0.3, -0.25) is 9.78 Å². The largest absolute Gasteiger partial charge is 0.481 e. The zero-order valence-corrected chi connectivity index (χ0v) is 12.5. The Morgan fingerprint density at radius 1 is 1.38 bits per heavy atom. The number of carboxylic acid groups (broad SMARTS) is 1. The minimum absolute atomic E-state index is 0.243. The van der Waals surface area contributed by atoms with Crippen LogP contribution in [0.25, 0.3) is 11.4 Å². The van der Waals surface area contributed by atoms with Gasteiger partial charge in [0.2, 0.25) is 11.7 Å². The van der Waals surface area contributed by atoms with Gasteiger partial charge in [0.15, 0.2) is 0 Å². The quantitative estimate of drug-likeness (QED) is 0.879. The Kier molecular flexibility index (Phi) is 4.35. The molecule has 0 atom stereocenters. The molecular weight excluding hydrogens is 270 g/mol. The second-order valence-electron chi connectivity index (χ2n) is 5.17. The molecule has 0 saturated heterocycles. The van der Waals surface area contributed by atoms with Gasteiger partial charge >= 0.3 is 5.97 Å². The molecular formula is C15H19N3O3. The summed E-state index contributed by atoms with van der Waals surface area (Å²) in [6.45, 7) is 5.64. The maximum Gasteiger partial charge on any atom is 0.310 e. The SMILES string of the molecule is CCC(CC)(Cc1nc(-c2ccncc2C)no1)C(=O)O. The predicted molar refractivity (Wildman–Crippen MR) is 76.6 cm³/mol. The van der Waals surface area contributed by atoms with E-state index in [0.717, 1.165) is 11.1 Å². The average Bonchev–Trinajstić information content (AvgIpc) is 2.93. The standard InChI is InChI=1S/C15H19N3O3/c1-4-15(5-2,14(19)20)8-12-17-13(18-21-12)11-6-7-16-9-10(11)3/h6-7,9H,4-5,8H2,1-3H3,(H,19,20). The first-order chi connectivity index (χ1) is 10.0. The highest BCUT2D eigenvalue weighted by molar-refractivity contribution is 5.74. The molecule has 0 spiro atoms. The van der Waals surface area contributed by atoms with Crippen molar-refractivity contribution < 1.29 is 14.4 Å². The Balaban J connectivity index is 2.28. The molecule has 1 N–H and O–H groups in total. The molecule has 0 aliphatic carbocycles. The molecule has 0 unspecified atom stereocenters. The Bertz CT molecular complexity index is 633. The van der Waals surface area contributed by atoms with E-state index in [-0.39, 0.29) is 6.42 Å². The van der Waals surface area contributed by atoms with Crippen molar-refractivity contribution in [3.05, 3.63) is 29.9 Å². The molecule has 0 aromatic carbocycles. The van der Waals surface area contributed by atoms with Gasteiger partial charge < -0.3 is 9.63 Å². The van der Waals surface area contributed by atoms with Crippen LogP contribution in [0.1, 0.15) is 38.1 Å². The highest BCUT2D eigenvalue weighted by Gasteiger charge is 2.37. The first kappa shape index (κ1) is 15.2. The molecule has 2 heterocycles. The van der Waals surface area contributed by atoms with E-state index in [2.05, 4.69) is 15.1 Å². The van der Waals surface area contributed by atoms with Crippen molar-refractivity contribution in [1.29, 1.82) is 0 Å². The van der Waals surface area contributed by atoms with Gasteiger partial charge in [0.05, 0.1) is 5.41 Å². The molecule has 2 rings (SSSR count).